The minimum atomic E-state index is -0.783. The summed E-state index contributed by atoms with van der Waals surface area (Å²) in [7, 11) is 1.62. The molecule has 2 aromatic carbocycles. The van der Waals surface area contributed by atoms with E-state index in [9.17, 15) is 5.11 Å². The molecule has 0 aromatic heterocycles. The zero-order valence-corrected chi connectivity index (χ0v) is 14.8. The van der Waals surface area contributed by atoms with Crippen molar-refractivity contribution in [3.8, 4) is 5.75 Å². The van der Waals surface area contributed by atoms with E-state index in [-0.39, 0.29) is 0 Å². The van der Waals surface area contributed by atoms with Gasteiger partial charge in [0.2, 0.25) is 0 Å². The smallest absolute Gasteiger partial charge is 0.128 e. The van der Waals surface area contributed by atoms with E-state index in [4.69, 9.17) is 16.3 Å². The van der Waals surface area contributed by atoms with Gasteiger partial charge in [-0.2, -0.15) is 0 Å². The minimum absolute atomic E-state index is 0.648. The first-order valence-corrected chi connectivity index (χ1v) is 7.81. The largest absolute Gasteiger partial charge is 0.496 e. The minimum Gasteiger partial charge on any atom is -0.496 e. The number of ether oxygens (including phenoxy) is 1. The average molecular weight is 370 g/mol. The van der Waals surface area contributed by atoms with Gasteiger partial charge >= 0.3 is 0 Å². The van der Waals surface area contributed by atoms with Gasteiger partial charge in [-0.25, -0.2) is 0 Å². The monoisotopic (exact) mass is 368 g/mol. The van der Waals surface area contributed by atoms with Crippen LogP contribution >= 0.6 is 27.5 Å². The van der Waals surface area contributed by atoms with Gasteiger partial charge in [-0.1, -0.05) is 39.7 Å². The molecule has 2 nitrogen and oxygen atoms in total. The molecule has 0 bridgehead atoms. The highest BCUT2D eigenvalue weighted by molar-refractivity contribution is 9.10. The highest BCUT2D eigenvalue weighted by Crippen LogP contribution is 2.39. The van der Waals surface area contributed by atoms with E-state index in [1.165, 1.54) is 0 Å². The lowest BCUT2D eigenvalue weighted by molar-refractivity contribution is 0.213. The van der Waals surface area contributed by atoms with Gasteiger partial charge < -0.3 is 9.84 Å². The Kier molecular flexibility index (Phi) is 4.97. The van der Waals surface area contributed by atoms with Crippen LogP contribution in [0.1, 0.15) is 33.9 Å². The number of rotatable bonds is 3. The molecule has 0 aliphatic carbocycles. The molecule has 0 aliphatic rings. The van der Waals surface area contributed by atoms with Gasteiger partial charge in [0.15, 0.2) is 0 Å². The lowest BCUT2D eigenvalue weighted by Crippen LogP contribution is -2.07. The topological polar surface area (TPSA) is 29.5 Å². The lowest BCUT2D eigenvalue weighted by Gasteiger charge is -2.21. The van der Waals surface area contributed by atoms with Gasteiger partial charge in [0.05, 0.1) is 7.11 Å². The summed E-state index contributed by atoms with van der Waals surface area (Å²) in [6.07, 6.45) is -0.783. The van der Waals surface area contributed by atoms with Crippen molar-refractivity contribution in [2.24, 2.45) is 0 Å². The van der Waals surface area contributed by atoms with Crippen LogP contribution in [0.15, 0.2) is 28.7 Å². The number of hydrogen-bond acceptors (Lipinski definition) is 2. The van der Waals surface area contributed by atoms with Gasteiger partial charge in [0.25, 0.3) is 0 Å². The maximum atomic E-state index is 10.8. The summed E-state index contributed by atoms with van der Waals surface area (Å²) >= 11 is 9.70. The number of methoxy groups -OCH3 is 1. The molecule has 4 heteroatoms. The highest BCUT2D eigenvalue weighted by Gasteiger charge is 2.22. The van der Waals surface area contributed by atoms with Crippen LogP contribution in [0.25, 0.3) is 0 Å². The number of hydrogen-bond donors (Lipinski definition) is 1. The van der Waals surface area contributed by atoms with Crippen LogP contribution in [0.4, 0.5) is 0 Å². The second-order valence-electron chi connectivity index (χ2n) is 5.16. The Labute approximate surface area is 138 Å². The molecule has 0 spiro atoms. The number of aryl methyl sites for hydroxylation is 2. The molecule has 0 amide bonds. The van der Waals surface area contributed by atoms with E-state index < -0.39 is 6.10 Å². The number of aliphatic hydroxyl groups excluding tert-OH is 1. The fourth-order valence-electron chi connectivity index (χ4n) is 2.42. The Bertz CT molecular complexity index is 683. The van der Waals surface area contributed by atoms with Gasteiger partial charge in [0, 0.05) is 15.1 Å². The Morgan fingerprint density at radius 3 is 2.38 bits per heavy atom. The van der Waals surface area contributed by atoms with Crippen molar-refractivity contribution in [1.29, 1.82) is 0 Å². The quantitative estimate of drug-likeness (QED) is 0.814. The Morgan fingerprint density at radius 1 is 1.14 bits per heavy atom. The van der Waals surface area contributed by atoms with E-state index in [2.05, 4.69) is 15.9 Å². The molecule has 21 heavy (non-hydrogen) atoms. The molecule has 112 valence electrons. The standard InChI is InChI=1S/C17H18BrClO2/c1-9-5-6-12(8-14(9)19)16(20)15-11(3)13(18)7-10(2)17(15)21-4/h5-8,16,20H,1-4H3. The summed E-state index contributed by atoms with van der Waals surface area (Å²) in [6.45, 7) is 5.86. The molecule has 1 N–H and O–H groups in total. The van der Waals surface area contributed by atoms with Crippen molar-refractivity contribution >= 4 is 27.5 Å². The molecule has 2 aromatic rings. The van der Waals surface area contributed by atoms with Crippen LogP contribution in [0, 0.1) is 20.8 Å². The highest BCUT2D eigenvalue weighted by atomic mass is 79.9. The van der Waals surface area contributed by atoms with E-state index in [1.807, 2.05) is 39.0 Å². The molecule has 0 saturated carbocycles. The summed E-state index contributed by atoms with van der Waals surface area (Å²) in [6, 6.07) is 7.59. The zero-order chi connectivity index (χ0) is 15.7. The second-order valence-corrected chi connectivity index (χ2v) is 6.42. The van der Waals surface area contributed by atoms with Crippen molar-refractivity contribution in [3.63, 3.8) is 0 Å². The van der Waals surface area contributed by atoms with E-state index in [0.29, 0.717) is 10.8 Å². The first-order valence-electron chi connectivity index (χ1n) is 6.64. The van der Waals surface area contributed by atoms with E-state index >= 15 is 0 Å². The molecule has 0 fully saturated rings. The number of aliphatic hydroxyl groups is 1. The average Bonchev–Trinajstić information content (AvgIpc) is 2.44. The molecular formula is C17H18BrClO2. The van der Waals surface area contributed by atoms with Crippen LogP contribution in [0.5, 0.6) is 5.75 Å². The van der Waals surface area contributed by atoms with Crippen LogP contribution in [-0.2, 0) is 0 Å². The zero-order valence-electron chi connectivity index (χ0n) is 12.5. The van der Waals surface area contributed by atoms with Crippen molar-refractivity contribution in [2.75, 3.05) is 7.11 Å². The van der Waals surface area contributed by atoms with Crippen LogP contribution in [-0.4, -0.2) is 12.2 Å². The predicted octanol–water partition coefficient (Wildman–Crippen LogP) is 5.12. The van der Waals surface area contributed by atoms with Crippen LogP contribution < -0.4 is 4.74 Å². The lowest BCUT2D eigenvalue weighted by atomic mass is 9.94. The Balaban J connectivity index is 2.62. The Morgan fingerprint density at radius 2 is 1.81 bits per heavy atom. The predicted molar refractivity (Wildman–Crippen MR) is 90.4 cm³/mol. The summed E-state index contributed by atoms with van der Waals surface area (Å²) in [5.41, 5.74) is 4.44. The SMILES string of the molecule is COc1c(C)cc(Br)c(C)c1C(O)c1ccc(C)c(Cl)c1. The normalized spacial score (nSPS) is 12.3. The molecule has 0 heterocycles. The van der Waals surface area contributed by atoms with Crippen LogP contribution in [0.3, 0.4) is 0 Å². The van der Waals surface area contributed by atoms with Crippen molar-refractivity contribution in [3.05, 3.63) is 61.6 Å². The second kappa shape index (κ2) is 6.39. The van der Waals surface area contributed by atoms with Crippen LogP contribution in [0.2, 0.25) is 5.02 Å². The van der Waals surface area contributed by atoms with Gasteiger partial charge in [-0.15, -0.1) is 0 Å². The van der Waals surface area contributed by atoms with Crippen molar-refractivity contribution < 1.29 is 9.84 Å². The van der Waals surface area contributed by atoms with Crippen molar-refractivity contribution in [2.45, 2.75) is 26.9 Å². The van der Waals surface area contributed by atoms with E-state index in [0.717, 1.165) is 32.3 Å². The third-order valence-electron chi connectivity index (χ3n) is 3.70. The maximum Gasteiger partial charge on any atom is 0.128 e. The maximum absolute atomic E-state index is 10.8. The van der Waals surface area contributed by atoms with Gasteiger partial charge in [-0.05, 0) is 55.2 Å². The molecule has 0 aliphatic heterocycles. The van der Waals surface area contributed by atoms with E-state index in [1.54, 1.807) is 13.2 Å². The molecule has 0 saturated heterocycles. The fourth-order valence-corrected chi connectivity index (χ4v) is 3.17. The summed E-state index contributed by atoms with van der Waals surface area (Å²) in [5.74, 6) is 0.708. The molecule has 1 atom stereocenters. The number of halogens is 2. The molecule has 0 radical (unpaired) electrons. The summed E-state index contributed by atoms with van der Waals surface area (Å²) in [4.78, 5) is 0. The van der Waals surface area contributed by atoms with Gasteiger partial charge in [-0.3, -0.25) is 0 Å². The van der Waals surface area contributed by atoms with Gasteiger partial charge in [0.1, 0.15) is 11.9 Å². The molecular weight excluding hydrogens is 352 g/mol. The first-order chi connectivity index (χ1) is 9.86. The summed E-state index contributed by atoms with van der Waals surface area (Å²) in [5, 5.41) is 11.4. The summed E-state index contributed by atoms with van der Waals surface area (Å²) < 4.78 is 6.45. The first kappa shape index (κ1) is 16.3. The molecule has 1 unspecified atom stereocenters. The molecule has 2 rings (SSSR count). The number of benzene rings is 2. The third kappa shape index (κ3) is 3.10. The third-order valence-corrected chi connectivity index (χ3v) is 4.93. The Hall–Kier alpha value is -1.03. The fraction of sp³-hybridized carbons (Fsp3) is 0.294. The van der Waals surface area contributed by atoms with Crippen molar-refractivity contribution in [1.82, 2.24) is 0 Å².